The zero-order valence-electron chi connectivity index (χ0n) is 15.3. The molecule has 9 nitrogen and oxygen atoms in total. The van der Waals surface area contributed by atoms with Crippen LogP contribution in [-0.4, -0.2) is 43.3 Å². The van der Waals surface area contributed by atoms with E-state index in [9.17, 15) is 14.9 Å². The highest BCUT2D eigenvalue weighted by molar-refractivity contribution is 14.1. The van der Waals surface area contributed by atoms with Crippen molar-refractivity contribution in [3.8, 4) is 6.07 Å². The Morgan fingerprint density at radius 2 is 2.26 bits per heavy atom. The first-order chi connectivity index (χ1) is 12.7. The number of alkyl halides is 1. The highest BCUT2D eigenvalue weighted by Crippen LogP contribution is 2.33. The number of rotatable bonds is 2. The molecule has 2 unspecified atom stereocenters. The van der Waals surface area contributed by atoms with Crippen molar-refractivity contribution in [2.24, 2.45) is 0 Å². The second-order valence-electron chi connectivity index (χ2n) is 7.38. The van der Waals surface area contributed by atoms with Crippen molar-refractivity contribution in [1.82, 2.24) is 20.3 Å². The standard InChI is InChI=1S/C17H21IN6O3/c1-17(2,3)27-16(26)22-10-5-4-6-24(13(10)18)14-9(7-19)11-12(23-14)15(25)21-8-20-11/h8,10,13,23H,4-6H2,1-3H3,(H,22,26)(H,20,21,25). The molecule has 3 rings (SSSR count). The van der Waals surface area contributed by atoms with Crippen LogP contribution in [0.4, 0.5) is 10.6 Å². The van der Waals surface area contributed by atoms with Crippen molar-refractivity contribution >= 4 is 45.5 Å². The Kier molecular flexibility index (Phi) is 5.32. The number of nitrogens with zero attached hydrogens (tertiary/aromatic N) is 3. The van der Waals surface area contributed by atoms with Crippen LogP contribution in [0, 0.1) is 11.3 Å². The average Bonchev–Trinajstić information content (AvgIpc) is 2.95. The lowest BCUT2D eigenvalue weighted by Crippen LogP contribution is -2.53. The predicted octanol–water partition coefficient (Wildman–Crippen LogP) is 2.38. The molecular formula is C17H21IN6O3. The summed E-state index contributed by atoms with van der Waals surface area (Å²) in [6.45, 7) is 6.14. The van der Waals surface area contributed by atoms with E-state index < -0.39 is 11.7 Å². The molecule has 0 saturated carbocycles. The fraction of sp³-hybridized carbons (Fsp3) is 0.529. The molecular weight excluding hydrogens is 463 g/mol. The summed E-state index contributed by atoms with van der Waals surface area (Å²) in [5.74, 6) is 0.548. The maximum atomic E-state index is 12.2. The minimum Gasteiger partial charge on any atom is -0.444 e. The highest BCUT2D eigenvalue weighted by Gasteiger charge is 2.34. The SMILES string of the molecule is CC(C)(C)OC(=O)NC1CCCN(c2[nH]c3c(=O)[nH]cnc3c2C#N)C1I. The Hall–Kier alpha value is -2.29. The largest absolute Gasteiger partial charge is 0.444 e. The van der Waals surface area contributed by atoms with Crippen molar-refractivity contribution in [3.05, 3.63) is 22.2 Å². The quantitative estimate of drug-likeness (QED) is 0.341. The predicted molar refractivity (Wildman–Crippen MR) is 109 cm³/mol. The first-order valence-electron chi connectivity index (χ1n) is 8.61. The molecule has 10 heteroatoms. The number of carbonyl (C=O) groups excluding carboxylic acids is 1. The normalized spacial score (nSPS) is 20.3. The molecule has 1 aliphatic heterocycles. The maximum absolute atomic E-state index is 12.2. The number of hydrogen-bond donors (Lipinski definition) is 3. The van der Waals surface area contributed by atoms with Crippen molar-refractivity contribution in [3.63, 3.8) is 0 Å². The van der Waals surface area contributed by atoms with Crippen LogP contribution in [0.15, 0.2) is 11.1 Å². The number of hydrogen-bond acceptors (Lipinski definition) is 6. The van der Waals surface area contributed by atoms with Crippen LogP contribution in [0.2, 0.25) is 0 Å². The molecule has 0 aromatic carbocycles. The molecule has 1 fully saturated rings. The van der Waals surface area contributed by atoms with Gasteiger partial charge in [-0.1, -0.05) is 22.6 Å². The third-order valence-corrected chi connectivity index (χ3v) is 5.76. The Labute approximate surface area is 169 Å². The summed E-state index contributed by atoms with van der Waals surface area (Å²) in [6, 6.07) is 1.99. The van der Waals surface area contributed by atoms with Gasteiger partial charge in [0.2, 0.25) is 0 Å². The fourth-order valence-electron chi connectivity index (χ4n) is 3.11. The van der Waals surface area contributed by atoms with Gasteiger partial charge in [-0.3, -0.25) is 4.79 Å². The van der Waals surface area contributed by atoms with Crippen molar-refractivity contribution in [2.75, 3.05) is 11.4 Å². The van der Waals surface area contributed by atoms with Crippen LogP contribution in [0.5, 0.6) is 0 Å². The average molecular weight is 484 g/mol. The van der Waals surface area contributed by atoms with E-state index in [-0.39, 0.29) is 21.2 Å². The van der Waals surface area contributed by atoms with Crippen LogP contribution in [0.1, 0.15) is 39.2 Å². The number of carbonyl (C=O) groups is 1. The number of anilines is 1. The Morgan fingerprint density at radius 1 is 1.52 bits per heavy atom. The van der Waals surface area contributed by atoms with Crippen LogP contribution in [0.25, 0.3) is 11.0 Å². The van der Waals surface area contributed by atoms with E-state index in [1.54, 1.807) is 0 Å². The number of piperidine rings is 1. The summed E-state index contributed by atoms with van der Waals surface area (Å²) in [5, 5.41) is 12.5. The van der Waals surface area contributed by atoms with Crippen molar-refractivity contribution in [2.45, 2.75) is 49.3 Å². The molecule has 2 aromatic rings. The lowest BCUT2D eigenvalue weighted by Gasteiger charge is -2.39. The summed E-state index contributed by atoms with van der Waals surface area (Å²) in [7, 11) is 0. The highest BCUT2D eigenvalue weighted by atomic mass is 127. The Balaban J connectivity index is 1.88. The number of H-pyrrole nitrogens is 2. The summed E-state index contributed by atoms with van der Waals surface area (Å²) < 4.78 is 5.23. The van der Waals surface area contributed by atoms with Gasteiger partial charge in [0.05, 0.1) is 12.4 Å². The van der Waals surface area contributed by atoms with Gasteiger partial charge in [-0.05, 0) is 33.6 Å². The van der Waals surface area contributed by atoms with E-state index in [0.717, 1.165) is 12.8 Å². The Bertz CT molecular complexity index is 954. The third-order valence-electron chi connectivity index (χ3n) is 4.22. The molecule has 1 amide bonds. The number of ether oxygens (including phenoxy) is 1. The van der Waals surface area contributed by atoms with E-state index in [1.165, 1.54) is 6.33 Å². The molecule has 1 aliphatic rings. The molecule has 3 N–H and O–H groups in total. The van der Waals surface area contributed by atoms with E-state index in [0.29, 0.717) is 23.4 Å². The van der Waals surface area contributed by atoms with E-state index in [1.807, 2.05) is 25.7 Å². The van der Waals surface area contributed by atoms with Gasteiger partial charge in [0.25, 0.3) is 5.56 Å². The number of nitrogens with one attached hydrogen (secondary N) is 3. The molecule has 0 spiro atoms. The molecule has 2 atom stereocenters. The first kappa shape index (κ1) is 19.5. The van der Waals surface area contributed by atoms with Gasteiger partial charge in [-0.25, -0.2) is 9.78 Å². The number of amides is 1. The van der Waals surface area contributed by atoms with Gasteiger partial charge in [0, 0.05) is 6.54 Å². The second kappa shape index (κ2) is 7.38. The molecule has 0 aliphatic carbocycles. The summed E-state index contributed by atoms with van der Waals surface area (Å²) >= 11 is 2.24. The van der Waals surface area contributed by atoms with Crippen molar-refractivity contribution < 1.29 is 9.53 Å². The molecule has 3 heterocycles. The van der Waals surface area contributed by atoms with Gasteiger partial charge < -0.3 is 24.9 Å². The number of nitriles is 1. The van der Waals surface area contributed by atoms with E-state index in [2.05, 4.69) is 48.9 Å². The number of fused-ring (bicyclic) bond motifs is 1. The summed E-state index contributed by atoms with van der Waals surface area (Å²) in [5.41, 5.74) is 0.0534. The zero-order valence-corrected chi connectivity index (χ0v) is 17.5. The van der Waals surface area contributed by atoms with Crippen LogP contribution in [-0.2, 0) is 4.74 Å². The van der Waals surface area contributed by atoms with Gasteiger partial charge in [-0.2, -0.15) is 5.26 Å². The second-order valence-corrected chi connectivity index (χ2v) is 8.65. The Morgan fingerprint density at radius 3 is 2.93 bits per heavy atom. The molecule has 0 bridgehead atoms. The minimum absolute atomic E-state index is 0.122. The fourth-order valence-corrected chi connectivity index (χ4v) is 4.21. The van der Waals surface area contributed by atoms with Crippen molar-refractivity contribution in [1.29, 1.82) is 5.26 Å². The molecule has 2 aromatic heterocycles. The van der Waals surface area contributed by atoms with Gasteiger partial charge in [0.1, 0.15) is 38.1 Å². The monoisotopic (exact) mass is 484 g/mol. The maximum Gasteiger partial charge on any atom is 0.407 e. The number of aromatic nitrogens is 3. The van der Waals surface area contributed by atoms with Gasteiger partial charge >= 0.3 is 6.09 Å². The lowest BCUT2D eigenvalue weighted by molar-refractivity contribution is 0.0498. The van der Waals surface area contributed by atoms with Crippen LogP contribution < -0.4 is 15.8 Å². The third kappa shape index (κ3) is 4.02. The van der Waals surface area contributed by atoms with E-state index >= 15 is 0 Å². The first-order valence-corrected chi connectivity index (χ1v) is 9.85. The lowest BCUT2D eigenvalue weighted by atomic mass is 10.1. The zero-order chi connectivity index (χ0) is 19.8. The van der Waals surface area contributed by atoms with Crippen LogP contribution >= 0.6 is 22.6 Å². The summed E-state index contributed by atoms with van der Waals surface area (Å²) in [4.78, 5) is 35.9. The molecule has 27 heavy (non-hydrogen) atoms. The van der Waals surface area contributed by atoms with E-state index in [4.69, 9.17) is 4.74 Å². The minimum atomic E-state index is -0.572. The topological polar surface area (TPSA) is 127 Å². The van der Waals surface area contributed by atoms with Crippen LogP contribution in [0.3, 0.4) is 0 Å². The van der Waals surface area contributed by atoms with Gasteiger partial charge in [0.15, 0.2) is 0 Å². The molecule has 144 valence electrons. The molecule has 0 radical (unpaired) electrons. The number of aromatic amines is 2. The number of halogens is 1. The smallest absolute Gasteiger partial charge is 0.407 e. The summed E-state index contributed by atoms with van der Waals surface area (Å²) in [6.07, 6.45) is 2.44. The number of alkyl carbamates (subject to hydrolysis) is 1. The molecule has 1 saturated heterocycles. The van der Waals surface area contributed by atoms with Gasteiger partial charge in [-0.15, -0.1) is 0 Å².